The number of rotatable bonds is 6. The Morgan fingerprint density at radius 2 is 1.64 bits per heavy atom. The van der Waals surface area contributed by atoms with E-state index in [1.165, 1.54) is 24.3 Å². The van der Waals surface area contributed by atoms with Gasteiger partial charge in [0.15, 0.2) is 0 Å². The fourth-order valence-electron chi connectivity index (χ4n) is 2.71. The summed E-state index contributed by atoms with van der Waals surface area (Å²) < 4.78 is 76.9. The fourth-order valence-corrected chi connectivity index (χ4v) is 2.71. The lowest BCUT2D eigenvalue weighted by Gasteiger charge is -2.13. The molecule has 0 saturated carbocycles. The van der Waals surface area contributed by atoms with Crippen LogP contribution in [0.15, 0.2) is 42.5 Å². The lowest BCUT2D eigenvalue weighted by molar-refractivity contribution is -0.138. The van der Waals surface area contributed by atoms with Crippen LogP contribution in [0.4, 0.5) is 32.3 Å². The van der Waals surface area contributed by atoms with Gasteiger partial charge in [0.1, 0.15) is 0 Å². The van der Waals surface area contributed by atoms with Crippen molar-refractivity contribution in [2.24, 2.45) is 0 Å². The van der Waals surface area contributed by atoms with Gasteiger partial charge in [0.25, 0.3) is 0 Å². The van der Waals surface area contributed by atoms with Gasteiger partial charge < -0.3 is 15.6 Å². The average molecular weight is 402 g/mol. The van der Waals surface area contributed by atoms with Crippen molar-refractivity contribution in [3.05, 3.63) is 59.2 Å². The molecule has 0 atom stereocenters. The molecule has 3 rings (SSSR count). The van der Waals surface area contributed by atoms with E-state index in [4.69, 9.17) is 0 Å². The monoisotopic (exact) mass is 402 g/mol. The molecule has 0 unspecified atom stereocenters. The minimum Gasteiger partial charge on any atom is -0.355 e. The zero-order valence-corrected chi connectivity index (χ0v) is 14.4. The van der Waals surface area contributed by atoms with Crippen molar-refractivity contribution >= 4 is 17.0 Å². The highest BCUT2D eigenvalue weighted by atomic mass is 19.4. The van der Waals surface area contributed by atoms with Gasteiger partial charge in [-0.3, -0.25) is 0 Å². The van der Waals surface area contributed by atoms with E-state index in [0.717, 1.165) is 18.2 Å². The van der Waals surface area contributed by atoms with E-state index in [2.05, 4.69) is 20.6 Å². The van der Waals surface area contributed by atoms with Crippen LogP contribution in [0.1, 0.15) is 16.7 Å². The van der Waals surface area contributed by atoms with Crippen LogP contribution in [0, 0.1) is 0 Å². The molecule has 0 amide bonds. The van der Waals surface area contributed by atoms with Crippen molar-refractivity contribution in [3.63, 3.8) is 0 Å². The first kappa shape index (κ1) is 20.0. The van der Waals surface area contributed by atoms with E-state index in [1.807, 2.05) is 0 Å². The van der Waals surface area contributed by atoms with Crippen molar-refractivity contribution in [1.82, 2.24) is 15.3 Å². The molecule has 0 fully saturated rings. The summed E-state index contributed by atoms with van der Waals surface area (Å²) in [6.45, 7) is 0.684. The lowest BCUT2D eigenvalue weighted by Crippen LogP contribution is -2.23. The Morgan fingerprint density at radius 1 is 0.893 bits per heavy atom. The van der Waals surface area contributed by atoms with E-state index < -0.39 is 23.5 Å². The van der Waals surface area contributed by atoms with Crippen molar-refractivity contribution < 1.29 is 26.3 Å². The van der Waals surface area contributed by atoms with Gasteiger partial charge in [-0.25, -0.2) is 4.98 Å². The molecule has 0 bridgehead atoms. The molecule has 3 aromatic rings. The minimum absolute atomic E-state index is 0.0342. The first-order chi connectivity index (χ1) is 13.1. The minimum atomic E-state index is -4.44. The Kier molecular flexibility index (Phi) is 5.50. The fraction of sp³-hybridized carbons (Fsp3) is 0.278. The largest absolute Gasteiger partial charge is 0.416 e. The number of H-pyrrole nitrogens is 1. The third-order valence-electron chi connectivity index (χ3n) is 4.04. The SMILES string of the molecule is FC(F)(F)c1ccc2nc(NCCNCc3ccccc3C(F)(F)F)[nH]c2c1. The van der Waals surface area contributed by atoms with Crippen LogP contribution in [0.3, 0.4) is 0 Å². The molecule has 1 aromatic heterocycles. The molecule has 28 heavy (non-hydrogen) atoms. The van der Waals surface area contributed by atoms with Gasteiger partial charge in [0, 0.05) is 19.6 Å². The molecule has 0 saturated heterocycles. The maximum Gasteiger partial charge on any atom is 0.416 e. The number of aromatic amines is 1. The van der Waals surface area contributed by atoms with Crippen molar-refractivity contribution in [3.8, 4) is 0 Å². The smallest absolute Gasteiger partial charge is 0.355 e. The van der Waals surface area contributed by atoms with Gasteiger partial charge in [-0.2, -0.15) is 26.3 Å². The molecule has 1 heterocycles. The van der Waals surface area contributed by atoms with E-state index in [0.29, 0.717) is 18.6 Å². The molecule has 0 aliphatic heterocycles. The number of nitrogens with zero attached hydrogens (tertiary/aromatic N) is 1. The number of benzene rings is 2. The molecule has 0 aliphatic rings. The number of anilines is 1. The Balaban J connectivity index is 1.54. The Morgan fingerprint density at radius 3 is 2.36 bits per heavy atom. The molecule has 2 aromatic carbocycles. The summed E-state index contributed by atoms with van der Waals surface area (Å²) in [6.07, 6.45) is -8.86. The summed E-state index contributed by atoms with van der Waals surface area (Å²) in [5, 5.41) is 5.79. The van der Waals surface area contributed by atoms with Gasteiger partial charge in [-0.05, 0) is 29.8 Å². The summed E-state index contributed by atoms with van der Waals surface area (Å²) in [5.74, 6) is 0.284. The highest BCUT2D eigenvalue weighted by Gasteiger charge is 2.32. The Hall–Kier alpha value is -2.75. The van der Waals surface area contributed by atoms with Gasteiger partial charge in [-0.1, -0.05) is 18.2 Å². The molecule has 4 nitrogen and oxygen atoms in total. The van der Waals surface area contributed by atoms with Crippen LogP contribution in [-0.2, 0) is 18.9 Å². The highest BCUT2D eigenvalue weighted by Crippen LogP contribution is 2.32. The van der Waals surface area contributed by atoms with Crippen molar-refractivity contribution in [2.45, 2.75) is 18.9 Å². The molecule has 0 radical (unpaired) electrons. The number of imidazole rings is 1. The Labute approximate surface area is 156 Å². The predicted octanol–water partition coefficient (Wildman–Crippen LogP) is 4.80. The number of alkyl halides is 6. The van der Waals surface area contributed by atoms with Gasteiger partial charge in [0.05, 0.1) is 22.2 Å². The molecular formula is C18H16F6N4. The van der Waals surface area contributed by atoms with Crippen LogP contribution in [0.5, 0.6) is 0 Å². The first-order valence-electron chi connectivity index (χ1n) is 8.31. The van der Waals surface area contributed by atoms with Crippen LogP contribution < -0.4 is 10.6 Å². The van der Waals surface area contributed by atoms with Crippen LogP contribution >= 0.6 is 0 Å². The van der Waals surface area contributed by atoms with E-state index in [9.17, 15) is 26.3 Å². The van der Waals surface area contributed by atoms with Crippen LogP contribution in [-0.4, -0.2) is 23.1 Å². The van der Waals surface area contributed by atoms with Gasteiger partial charge in [0.2, 0.25) is 5.95 Å². The van der Waals surface area contributed by atoms with E-state index in [1.54, 1.807) is 0 Å². The maximum absolute atomic E-state index is 12.9. The summed E-state index contributed by atoms with van der Waals surface area (Å²) in [7, 11) is 0. The van der Waals surface area contributed by atoms with Gasteiger partial charge in [-0.15, -0.1) is 0 Å². The summed E-state index contributed by atoms with van der Waals surface area (Å²) >= 11 is 0. The number of hydrogen-bond acceptors (Lipinski definition) is 3. The molecule has 150 valence electrons. The number of hydrogen-bond donors (Lipinski definition) is 3. The zero-order chi connectivity index (χ0) is 20.4. The quantitative estimate of drug-likeness (QED) is 0.410. The predicted molar refractivity (Wildman–Crippen MR) is 92.7 cm³/mol. The van der Waals surface area contributed by atoms with Crippen molar-refractivity contribution in [2.75, 3.05) is 18.4 Å². The molecular weight excluding hydrogens is 386 g/mol. The number of nitrogens with one attached hydrogen (secondary N) is 3. The maximum atomic E-state index is 12.9. The zero-order valence-electron chi connectivity index (χ0n) is 14.4. The van der Waals surface area contributed by atoms with Gasteiger partial charge >= 0.3 is 12.4 Å². The van der Waals surface area contributed by atoms with Crippen LogP contribution in [0.2, 0.25) is 0 Å². The third-order valence-corrected chi connectivity index (χ3v) is 4.04. The highest BCUT2D eigenvalue weighted by molar-refractivity contribution is 5.78. The number of fused-ring (bicyclic) bond motifs is 1. The second-order valence-corrected chi connectivity index (χ2v) is 6.07. The molecule has 10 heteroatoms. The standard InChI is InChI=1S/C18H16F6N4/c19-17(20,21)12-5-6-14-15(9-12)28-16(27-14)26-8-7-25-10-11-3-1-2-4-13(11)18(22,23)24/h1-6,9,25H,7-8,10H2,(H2,26,27,28). The molecule has 3 N–H and O–H groups in total. The number of halogens is 6. The van der Waals surface area contributed by atoms with Crippen molar-refractivity contribution in [1.29, 1.82) is 0 Å². The first-order valence-corrected chi connectivity index (χ1v) is 8.31. The number of aromatic nitrogens is 2. The average Bonchev–Trinajstić information content (AvgIpc) is 3.02. The Bertz CT molecular complexity index is 945. The summed E-state index contributed by atoms with van der Waals surface area (Å²) in [4.78, 5) is 6.87. The second-order valence-electron chi connectivity index (χ2n) is 6.07. The van der Waals surface area contributed by atoms with E-state index in [-0.39, 0.29) is 23.6 Å². The van der Waals surface area contributed by atoms with E-state index >= 15 is 0 Å². The third kappa shape index (κ3) is 4.75. The molecule has 0 aliphatic carbocycles. The normalized spacial score (nSPS) is 12.5. The summed E-state index contributed by atoms with van der Waals surface area (Å²) in [5.41, 5.74) is -0.709. The second kappa shape index (κ2) is 7.70. The van der Waals surface area contributed by atoms with Crippen LogP contribution in [0.25, 0.3) is 11.0 Å². The topological polar surface area (TPSA) is 52.7 Å². The lowest BCUT2D eigenvalue weighted by atomic mass is 10.1. The summed E-state index contributed by atoms with van der Waals surface area (Å²) in [6, 6.07) is 8.49. The molecule has 0 spiro atoms.